The summed E-state index contributed by atoms with van der Waals surface area (Å²) >= 11 is 0. The highest BCUT2D eigenvalue weighted by Gasteiger charge is 2.16. The van der Waals surface area contributed by atoms with Crippen molar-refractivity contribution in [1.29, 1.82) is 0 Å². The molecule has 2 aromatic rings. The van der Waals surface area contributed by atoms with Crippen molar-refractivity contribution in [3.8, 4) is 17.2 Å². The van der Waals surface area contributed by atoms with Crippen LogP contribution < -0.4 is 10.1 Å². The van der Waals surface area contributed by atoms with E-state index in [1.807, 2.05) is 24.3 Å². The van der Waals surface area contributed by atoms with Gasteiger partial charge >= 0.3 is 0 Å². The zero-order valence-corrected chi connectivity index (χ0v) is 14.5. The lowest BCUT2D eigenvalue weighted by atomic mass is 10.2. The summed E-state index contributed by atoms with van der Waals surface area (Å²) in [6.45, 7) is 0.655. The van der Waals surface area contributed by atoms with Gasteiger partial charge < -0.3 is 19.2 Å². The summed E-state index contributed by atoms with van der Waals surface area (Å²) in [4.78, 5) is 16.2. The number of nitrogens with zero attached hydrogens (tertiary/aromatic N) is 1. The van der Waals surface area contributed by atoms with Crippen LogP contribution in [0.5, 0.6) is 5.75 Å². The minimum absolute atomic E-state index is 0.0780. The van der Waals surface area contributed by atoms with Gasteiger partial charge in [0, 0.05) is 18.5 Å². The topological polar surface area (TPSA) is 73.6 Å². The number of oxazole rings is 1. The molecule has 1 heterocycles. The van der Waals surface area contributed by atoms with Crippen LogP contribution in [-0.2, 0) is 16.0 Å². The van der Waals surface area contributed by atoms with Crippen molar-refractivity contribution < 1.29 is 18.7 Å². The molecule has 6 nitrogen and oxygen atoms in total. The fourth-order valence-electron chi connectivity index (χ4n) is 2.92. The zero-order valence-electron chi connectivity index (χ0n) is 14.5. The Bertz CT molecular complexity index is 675. The smallest absolute Gasteiger partial charge is 0.246 e. The fourth-order valence-corrected chi connectivity index (χ4v) is 2.92. The lowest BCUT2D eigenvalue weighted by molar-refractivity contribution is -0.127. The molecule has 1 aromatic carbocycles. The first-order chi connectivity index (χ1) is 12.2. The highest BCUT2D eigenvalue weighted by atomic mass is 16.5. The Morgan fingerprint density at radius 3 is 2.76 bits per heavy atom. The molecular weight excluding hydrogens is 320 g/mol. The Morgan fingerprint density at radius 2 is 2.04 bits per heavy atom. The van der Waals surface area contributed by atoms with Gasteiger partial charge in [-0.15, -0.1) is 0 Å². The lowest BCUT2D eigenvalue weighted by Gasteiger charge is -2.10. The van der Waals surface area contributed by atoms with Gasteiger partial charge in [-0.3, -0.25) is 4.79 Å². The van der Waals surface area contributed by atoms with E-state index in [-0.39, 0.29) is 18.6 Å². The molecule has 0 radical (unpaired) electrons. The minimum atomic E-state index is -0.0780. The molecular formula is C19H24N2O4. The summed E-state index contributed by atoms with van der Waals surface area (Å²) in [7, 11) is 1.63. The first kappa shape index (κ1) is 17.5. The number of ether oxygens (including phenoxy) is 2. The van der Waals surface area contributed by atoms with Crippen molar-refractivity contribution in [2.75, 3.05) is 20.3 Å². The molecule has 1 aliphatic carbocycles. The molecule has 1 amide bonds. The van der Waals surface area contributed by atoms with E-state index < -0.39 is 0 Å². The Labute approximate surface area is 147 Å². The van der Waals surface area contributed by atoms with Crippen LogP contribution in [0.4, 0.5) is 0 Å². The second-order valence-corrected chi connectivity index (χ2v) is 6.19. The Morgan fingerprint density at radius 1 is 1.28 bits per heavy atom. The van der Waals surface area contributed by atoms with E-state index in [2.05, 4.69) is 10.3 Å². The van der Waals surface area contributed by atoms with Crippen molar-refractivity contribution in [2.24, 2.45) is 0 Å². The number of aromatic nitrogens is 1. The number of carbonyl (C=O) groups excluding carboxylic acids is 1. The first-order valence-electron chi connectivity index (χ1n) is 8.72. The molecule has 6 heteroatoms. The normalized spacial score (nSPS) is 14.6. The molecule has 0 unspecified atom stereocenters. The third-order valence-electron chi connectivity index (χ3n) is 4.34. The van der Waals surface area contributed by atoms with Gasteiger partial charge in [0.1, 0.15) is 18.6 Å². The molecule has 1 aromatic heterocycles. The molecule has 134 valence electrons. The Balaban J connectivity index is 1.41. The standard InChI is InChI=1S/C19H24N2O4/c1-23-16-8-6-14(7-9-16)19-21-15(12-25-19)10-11-20-18(22)13-24-17-4-2-3-5-17/h6-9,12,17H,2-5,10-11,13H2,1H3,(H,20,22). The van der Waals surface area contributed by atoms with E-state index >= 15 is 0 Å². The molecule has 0 aliphatic heterocycles. The first-order valence-corrected chi connectivity index (χ1v) is 8.72. The maximum atomic E-state index is 11.8. The highest BCUT2D eigenvalue weighted by Crippen LogP contribution is 2.22. The van der Waals surface area contributed by atoms with Crippen LogP contribution in [0.3, 0.4) is 0 Å². The van der Waals surface area contributed by atoms with Gasteiger partial charge in [0.2, 0.25) is 11.8 Å². The molecule has 1 N–H and O–H groups in total. The third-order valence-corrected chi connectivity index (χ3v) is 4.34. The number of methoxy groups -OCH3 is 1. The maximum absolute atomic E-state index is 11.8. The van der Waals surface area contributed by atoms with Crippen LogP contribution in [0.15, 0.2) is 34.9 Å². The minimum Gasteiger partial charge on any atom is -0.497 e. The number of hydrogen-bond acceptors (Lipinski definition) is 5. The predicted octanol–water partition coefficient (Wildman–Crippen LogP) is 2.97. The number of rotatable bonds is 8. The molecule has 1 aliphatic rings. The van der Waals surface area contributed by atoms with E-state index in [1.165, 1.54) is 12.8 Å². The van der Waals surface area contributed by atoms with Gasteiger partial charge in [-0.05, 0) is 37.1 Å². The average molecular weight is 344 g/mol. The second kappa shape index (κ2) is 8.67. The van der Waals surface area contributed by atoms with Crippen molar-refractivity contribution in [3.05, 3.63) is 36.2 Å². The molecule has 25 heavy (non-hydrogen) atoms. The lowest BCUT2D eigenvalue weighted by Crippen LogP contribution is -2.30. The number of carbonyl (C=O) groups is 1. The van der Waals surface area contributed by atoms with Crippen LogP contribution in [-0.4, -0.2) is 37.3 Å². The SMILES string of the molecule is COc1ccc(-c2nc(CCNC(=O)COC3CCCC3)co2)cc1. The predicted molar refractivity (Wildman–Crippen MR) is 93.4 cm³/mol. The third kappa shape index (κ3) is 5.06. The number of benzene rings is 1. The summed E-state index contributed by atoms with van der Waals surface area (Å²) in [5, 5.41) is 2.86. The van der Waals surface area contributed by atoms with E-state index in [9.17, 15) is 4.79 Å². The van der Waals surface area contributed by atoms with Crippen LogP contribution in [0, 0.1) is 0 Å². The van der Waals surface area contributed by atoms with Crippen LogP contribution >= 0.6 is 0 Å². The summed E-state index contributed by atoms with van der Waals surface area (Å²) < 4.78 is 16.2. The molecule has 3 rings (SSSR count). The number of hydrogen-bond donors (Lipinski definition) is 1. The van der Waals surface area contributed by atoms with Crippen LogP contribution in [0.2, 0.25) is 0 Å². The van der Waals surface area contributed by atoms with E-state index in [0.29, 0.717) is 18.9 Å². The number of amides is 1. The van der Waals surface area contributed by atoms with Gasteiger partial charge in [0.25, 0.3) is 0 Å². The second-order valence-electron chi connectivity index (χ2n) is 6.19. The van der Waals surface area contributed by atoms with E-state index in [1.54, 1.807) is 13.4 Å². The van der Waals surface area contributed by atoms with Gasteiger partial charge in [-0.25, -0.2) is 4.98 Å². The van der Waals surface area contributed by atoms with Gasteiger partial charge in [0.15, 0.2) is 0 Å². The molecule has 0 bridgehead atoms. The average Bonchev–Trinajstić information content (AvgIpc) is 3.32. The van der Waals surface area contributed by atoms with Crippen LogP contribution in [0.25, 0.3) is 11.5 Å². The molecule has 0 atom stereocenters. The van der Waals surface area contributed by atoms with Gasteiger partial charge in [0.05, 0.1) is 18.9 Å². The Hall–Kier alpha value is -2.34. The summed E-state index contributed by atoms with van der Waals surface area (Å²) in [5.41, 5.74) is 1.70. The van der Waals surface area contributed by atoms with Crippen LogP contribution in [0.1, 0.15) is 31.4 Å². The van der Waals surface area contributed by atoms with Gasteiger partial charge in [-0.1, -0.05) is 12.8 Å². The highest BCUT2D eigenvalue weighted by molar-refractivity contribution is 5.77. The molecule has 0 saturated heterocycles. The molecule has 1 fully saturated rings. The summed E-state index contributed by atoms with van der Waals surface area (Å²) in [6, 6.07) is 7.53. The quantitative estimate of drug-likeness (QED) is 0.797. The maximum Gasteiger partial charge on any atom is 0.246 e. The van der Waals surface area contributed by atoms with E-state index in [4.69, 9.17) is 13.9 Å². The van der Waals surface area contributed by atoms with Crippen molar-refractivity contribution in [1.82, 2.24) is 10.3 Å². The van der Waals surface area contributed by atoms with Crippen molar-refractivity contribution in [2.45, 2.75) is 38.2 Å². The monoisotopic (exact) mass is 344 g/mol. The van der Waals surface area contributed by atoms with Crippen molar-refractivity contribution in [3.63, 3.8) is 0 Å². The molecule has 1 saturated carbocycles. The zero-order chi connectivity index (χ0) is 17.5. The van der Waals surface area contributed by atoms with Gasteiger partial charge in [-0.2, -0.15) is 0 Å². The largest absolute Gasteiger partial charge is 0.497 e. The fraction of sp³-hybridized carbons (Fsp3) is 0.474. The molecule has 0 spiro atoms. The van der Waals surface area contributed by atoms with E-state index in [0.717, 1.165) is 29.8 Å². The number of nitrogens with one attached hydrogen (secondary N) is 1. The Kier molecular flexibility index (Phi) is 6.06. The van der Waals surface area contributed by atoms with Crippen molar-refractivity contribution >= 4 is 5.91 Å². The summed E-state index contributed by atoms with van der Waals surface area (Å²) in [5.74, 6) is 1.28. The summed E-state index contributed by atoms with van der Waals surface area (Å²) in [6.07, 6.45) is 7.05.